The number of anilines is 1. The number of carbonyl (C=O) groups excluding carboxylic acids is 1. The Balaban J connectivity index is 2.22. The van der Waals surface area contributed by atoms with Crippen molar-refractivity contribution in [2.45, 2.75) is 12.8 Å². The highest BCUT2D eigenvalue weighted by molar-refractivity contribution is 6.11. The Morgan fingerprint density at radius 3 is 2.50 bits per heavy atom. The second-order valence-corrected chi connectivity index (χ2v) is 6.14. The summed E-state index contributed by atoms with van der Waals surface area (Å²) in [6, 6.07) is 15.8. The van der Waals surface area contributed by atoms with Crippen molar-refractivity contribution in [3.05, 3.63) is 65.2 Å². The fourth-order valence-corrected chi connectivity index (χ4v) is 2.77. The summed E-state index contributed by atoms with van der Waals surface area (Å²) < 4.78 is 5.37. The van der Waals surface area contributed by atoms with Crippen LogP contribution in [0.25, 0.3) is 6.08 Å². The van der Waals surface area contributed by atoms with Crippen molar-refractivity contribution >= 4 is 24.0 Å². The second kappa shape index (κ2) is 8.85. The van der Waals surface area contributed by atoms with Gasteiger partial charge in [0.15, 0.2) is 6.29 Å². The van der Waals surface area contributed by atoms with Crippen molar-refractivity contribution in [3.63, 3.8) is 0 Å². The first kappa shape index (κ1) is 19.2. The molecule has 2 rings (SSSR count). The zero-order valence-corrected chi connectivity index (χ0v) is 15.2. The number of nitrogens with zero attached hydrogens (tertiary/aromatic N) is 1. The Labute approximate surface area is 153 Å². The molecule has 5 nitrogen and oxygen atoms in total. The number of hydrogen-bond acceptors (Lipinski definition) is 4. The summed E-state index contributed by atoms with van der Waals surface area (Å²) in [6.07, 6.45) is 1.63. The molecule has 0 bridgehead atoms. The first-order valence-electron chi connectivity index (χ1n) is 8.30. The van der Waals surface area contributed by atoms with E-state index < -0.39 is 5.97 Å². The first-order chi connectivity index (χ1) is 12.5. The zero-order chi connectivity index (χ0) is 19.1. The first-order valence-corrected chi connectivity index (χ1v) is 8.30. The van der Waals surface area contributed by atoms with Crippen LogP contribution in [0, 0.1) is 0 Å². The van der Waals surface area contributed by atoms with Crippen LogP contribution in [0.4, 0.5) is 5.69 Å². The number of benzene rings is 2. The van der Waals surface area contributed by atoms with Gasteiger partial charge in [0, 0.05) is 30.9 Å². The highest BCUT2D eigenvalue weighted by atomic mass is 16.5. The summed E-state index contributed by atoms with van der Waals surface area (Å²) in [7, 11) is 3.52. The minimum absolute atomic E-state index is 0.317. The monoisotopic (exact) mass is 353 g/mol. The summed E-state index contributed by atoms with van der Waals surface area (Å²) in [5, 5.41) is 9.00. The average molecular weight is 353 g/mol. The highest BCUT2D eigenvalue weighted by Gasteiger charge is 2.13. The van der Waals surface area contributed by atoms with Crippen LogP contribution in [0.5, 0.6) is 5.75 Å². The van der Waals surface area contributed by atoms with Crippen molar-refractivity contribution < 1.29 is 19.4 Å². The van der Waals surface area contributed by atoms with Gasteiger partial charge in [-0.3, -0.25) is 4.79 Å². The van der Waals surface area contributed by atoms with E-state index in [1.807, 2.05) is 37.4 Å². The van der Waals surface area contributed by atoms with E-state index in [1.165, 1.54) is 18.7 Å². The number of ether oxygens (including phenoxy) is 1. The molecule has 0 saturated heterocycles. The van der Waals surface area contributed by atoms with Crippen LogP contribution in [0.3, 0.4) is 0 Å². The van der Waals surface area contributed by atoms with Gasteiger partial charge in [-0.2, -0.15) is 0 Å². The molecule has 0 aromatic heterocycles. The molecular formula is C21H23NO4. The SMILES string of the molecule is COc1cc(N(C)CC(C)c2ccccc2)ccc1/C=C(\C=O)C(=O)O. The fraction of sp³-hybridized carbons (Fsp3) is 0.238. The van der Waals surface area contributed by atoms with E-state index in [1.54, 1.807) is 6.07 Å². The van der Waals surface area contributed by atoms with Crippen LogP contribution < -0.4 is 9.64 Å². The van der Waals surface area contributed by atoms with Crippen molar-refractivity contribution in [1.29, 1.82) is 0 Å². The molecule has 26 heavy (non-hydrogen) atoms. The van der Waals surface area contributed by atoms with Gasteiger partial charge in [0.25, 0.3) is 0 Å². The molecule has 0 radical (unpaired) electrons. The van der Waals surface area contributed by atoms with Gasteiger partial charge in [-0.05, 0) is 29.7 Å². The number of carboxylic acids is 1. The van der Waals surface area contributed by atoms with Gasteiger partial charge < -0.3 is 14.7 Å². The highest BCUT2D eigenvalue weighted by Crippen LogP contribution is 2.28. The van der Waals surface area contributed by atoms with Crippen molar-refractivity contribution in [2.24, 2.45) is 0 Å². The zero-order valence-electron chi connectivity index (χ0n) is 15.2. The molecule has 0 aliphatic carbocycles. The molecule has 136 valence electrons. The lowest BCUT2D eigenvalue weighted by Gasteiger charge is -2.24. The van der Waals surface area contributed by atoms with Gasteiger partial charge in [-0.15, -0.1) is 0 Å². The summed E-state index contributed by atoms with van der Waals surface area (Å²) in [5.41, 5.74) is 2.44. The number of hydrogen-bond donors (Lipinski definition) is 1. The molecule has 1 atom stereocenters. The van der Waals surface area contributed by atoms with E-state index in [-0.39, 0.29) is 5.57 Å². The summed E-state index contributed by atoms with van der Waals surface area (Å²) >= 11 is 0. The fourth-order valence-electron chi connectivity index (χ4n) is 2.77. The van der Waals surface area contributed by atoms with Gasteiger partial charge in [-0.25, -0.2) is 4.79 Å². The van der Waals surface area contributed by atoms with Crippen LogP contribution in [0.15, 0.2) is 54.1 Å². The van der Waals surface area contributed by atoms with Crippen LogP contribution in [-0.4, -0.2) is 38.1 Å². The Morgan fingerprint density at radius 2 is 1.92 bits per heavy atom. The number of aliphatic carboxylic acids is 1. The molecule has 2 aromatic carbocycles. The Bertz CT molecular complexity index is 799. The van der Waals surface area contributed by atoms with E-state index in [0.717, 1.165) is 12.2 Å². The third-order valence-corrected chi connectivity index (χ3v) is 4.26. The molecule has 0 fully saturated rings. The third-order valence-electron chi connectivity index (χ3n) is 4.26. The number of methoxy groups -OCH3 is 1. The standard InChI is InChI=1S/C21H23NO4/c1-15(16-7-5-4-6-8-16)13-22(2)19-10-9-17(20(12-19)26-3)11-18(14-23)21(24)25/h4-12,14-15H,13H2,1-3H3,(H,24,25)/b18-11+. The summed E-state index contributed by atoms with van der Waals surface area (Å²) in [4.78, 5) is 24.0. The van der Waals surface area contributed by atoms with Gasteiger partial charge >= 0.3 is 5.97 Å². The van der Waals surface area contributed by atoms with Crippen LogP contribution in [0.1, 0.15) is 24.0 Å². The minimum atomic E-state index is -1.26. The number of carbonyl (C=O) groups is 2. The third kappa shape index (κ3) is 4.72. The maximum atomic E-state index is 11.0. The second-order valence-electron chi connectivity index (χ2n) is 6.14. The van der Waals surface area contributed by atoms with Gasteiger partial charge in [0.1, 0.15) is 5.75 Å². The molecule has 1 N–H and O–H groups in total. The lowest BCUT2D eigenvalue weighted by atomic mass is 10.0. The van der Waals surface area contributed by atoms with E-state index in [4.69, 9.17) is 9.84 Å². The topological polar surface area (TPSA) is 66.8 Å². The Morgan fingerprint density at radius 1 is 1.23 bits per heavy atom. The van der Waals surface area contributed by atoms with E-state index >= 15 is 0 Å². The van der Waals surface area contributed by atoms with Crippen molar-refractivity contribution in [1.82, 2.24) is 0 Å². The maximum absolute atomic E-state index is 11.0. The molecule has 0 aliphatic rings. The van der Waals surface area contributed by atoms with E-state index in [0.29, 0.717) is 23.5 Å². The van der Waals surface area contributed by atoms with Crippen LogP contribution >= 0.6 is 0 Å². The van der Waals surface area contributed by atoms with E-state index in [9.17, 15) is 9.59 Å². The summed E-state index contributed by atoms with van der Waals surface area (Å²) in [5.74, 6) is -0.400. The summed E-state index contributed by atoms with van der Waals surface area (Å²) in [6.45, 7) is 2.99. The molecule has 0 aliphatic heterocycles. The normalized spacial score (nSPS) is 12.3. The van der Waals surface area contributed by atoms with Gasteiger partial charge in [-0.1, -0.05) is 37.3 Å². The van der Waals surface area contributed by atoms with Crippen molar-refractivity contribution in [3.8, 4) is 5.75 Å². The van der Waals surface area contributed by atoms with Crippen molar-refractivity contribution in [2.75, 3.05) is 25.6 Å². The largest absolute Gasteiger partial charge is 0.496 e. The maximum Gasteiger partial charge on any atom is 0.339 e. The molecule has 1 unspecified atom stereocenters. The number of rotatable bonds is 8. The molecule has 0 saturated carbocycles. The lowest BCUT2D eigenvalue weighted by molar-refractivity contribution is -0.133. The molecular weight excluding hydrogens is 330 g/mol. The predicted octanol–water partition coefficient (Wildman–Crippen LogP) is 3.60. The Hall–Kier alpha value is -3.08. The smallest absolute Gasteiger partial charge is 0.339 e. The van der Waals surface area contributed by atoms with Crippen LogP contribution in [0.2, 0.25) is 0 Å². The minimum Gasteiger partial charge on any atom is -0.496 e. The van der Waals surface area contributed by atoms with E-state index in [2.05, 4.69) is 24.0 Å². The molecule has 2 aromatic rings. The molecule has 5 heteroatoms. The quantitative estimate of drug-likeness (QED) is 0.340. The van der Waals surface area contributed by atoms with Crippen LogP contribution in [-0.2, 0) is 9.59 Å². The number of aldehydes is 1. The molecule has 0 spiro atoms. The van der Waals surface area contributed by atoms with Gasteiger partial charge in [0.05, 0.1) is 12.7 Å². The van der Waals surface area contributed by atoms with Gasteiger partial charge in [0.2, 0.25) is 0 Å². The lowest BCUT2D eigenvalue weighted by Crippen LogP contribution is -2.22. The molecule has 0 amide bonds. The number of likely N-dealkylation sites (N-methyl/N-ethyl adjacent to an activating group) is 1. The average Bonchev–Trinajstić information content (AvgIpc) is 2.66. The number of carboxylic acid groups (broad SMARTS) is 1. The molecule has 0 heterocycles. The Kier molecular flexibility index (Phi) is 6.55. The predicted molar refractivity (Wildman–Crippen MR) is 103 cm³/mol.